The SMILES string of the molecule is COCCn1c(SCCC(=O)O)nnc1-c1ccncc1. The van der Waals surface area contributed by atoms with E-state index < -0.39 is 5.97 Å². The van der Waals surface area contributed by atoms with Crippen LogP contribution in [0.3, 0.4) is 0 Å². The average Bonchev–Trinajstić information content (AvgIpc) is 2.88. The van der Waals surface area contributed by atoms with Crippen molar-refractivity contribution in [3.05, 3.63) is 24.5 Å². The number of carbonyl (C=O) groups is 1. The van der Waals surface area contributed by atoms with E-state index in [1.54, 1.807) is 19.5 Å². The molecule has 0 fully saturated rings. The van der Waals surface area contributed by atoms with E-state index >= 15 is 0 Å². The van der Waals surface area contributed by atoms with Crippen LogP contribution in [-0.4, -0.2) is 50.3 Å². The summed E-state index contributed by atoms with van der Waals surface area (Å²) < 4.78 is 7.05. The molecule has 21 heavy (non-hydrogen) atoms. The molecule has 0 saturated carbocycles. The number of methoxy groups -OCH3 is 1. The minimum absolute atomic E-state index is 0.0897. The smallest absolute Gasteiger partial charge is 0.304 e. The van der Waals surface area contributed by atoms with E-state index in [1.165, 1.54) is 11.8 Å². The first-order chi connectivity index (χ1) is 10.2. The molecule has 2 rings (SSSR count). The molecule has 0 saturated heterocycles. The highest BCUT2D eigenvalue weighted by atomic mass is 32.2. The number of nitrogens with zero attached hydrogens (tertiary/aromatic N) is 4. The summed E-state index contributed by atoms with van der Waals surface area (Å²) in [6.45, 7) is 1.14. The Labute approximate surface area is 126 Å². The zero-order chi connectivity index (χ0) is 15.1. The summed E-state index contributed by atoms with van der Waals surface area (Å²) in [5.74, 6) is 0.364. The summed E-state index contributed by atoms with van der Waals surface area (Å²) in [6.07, 6.45) is 3.48. The highest BCUT2D eigenvalue weighted by molar-refractivity contribution is 7.99. The maximum Gasteiger partial charge on any atom is 0.304 e. The predicted molar refractivity (Wildman–Crippen MR) is 78.1 cm³/mol. The molecule has 8 heteroatoms. The Bertz CT molecular complexity index is 588. The second kappa shape index (κ2) is 7.75. The van der Waals surface area contributed by atoms with Crippen molar-refractivity contribution in [2.75, 3.05) is 19.5 Å². The molecule has 1 N–H and O–H groups in total. The summed E-state index contributed by atoms with van der Waals surface area (Å²) in [6, 6.07) is 3.72. The lowest BCUT2D eigenvalue weighted by Gasteiger charge is -2.09. The van der Waals surface area contributed by atoms with E-state index in [0.717, 1.165) is 11.4 Å². The molecule has 0 atom stereocenters. The maximum atomic E-state index is 10.6. The topological polar surface area (TPSA) is 90.1 Å². The van der Waals surface area contributed by atoms with Crippen molar-refractivity contribution in [3.63, 3.8) is 0 Å². The Balaban J connectivity index is 2.20. The van der Waals surface area contributed by atoms with Crippen molar-refractivity contribution in [1.29, 1.82) is 0 Å². The third kappa shape index (κ3) is 4.27. The number of hydrogen-bond acceptors (Lipinski definition) is 6. The van der Waals surface area contributed by atoms with Crippen LogP contribution in [0, 0.1) is 0 Å². The second-order valence-electron chi connectivity index (χ2n) is 4.18. The Morgan fingerprint density at radius 1 is 1.38 bits per heavy atom. The molecule has 2 aromatic heterocycles. The van der Waals surface area contributed by atoms with Gasteiger partial charge in [0, 0.05) is 30.8 Å². The van der Waals surface area contributed by atoms with E-state index in [0.29, 0.717) is 24.1 Å². The molecule has 112 valence electrons. The van der Waals surface area contributed by atoms with Gasteiger partial charge in [-0.25, -0.2) is 0 Å². The maximum absolute atomic E-state index is 10.6. The van der Waals surface area contributed by atoms with Gasteiger partial charge >= 0.3 is 5.97 Å². The zero-order valence-corrected chi connectivity index (χ0v) is 12.4. The van der Waals surface area contributed by atoms with Crippen LogP contribution in [0.15, 0.2) is 29.7 Å². The van der Waals surface area contributed by atoms with E-state index in [-0.39, 0.29) is 6.42 Å². The van der Waals surface area contributed by atoms with Crippen LogP contribution in [0.5, 0.6) is 0 Å². The van der Waals surface area contributed by atoms with Gasteiger partial charge in [-0.1, -0.05) is 11.8 Å². The molecule has 2 heterocycles. The number of carboxylic acid groups (broad SMARTS) is 1. The molecule has 0 aliphatic heterocycles. The number of carboxylic acids is 1. The molecule has 7 nitrogen and oxygen atoms in total. The monoisotopic (exact) mass is 308 g/mol. The van der Waals surface area contributed by atoms with Crippen molar-refractivity contribution in [3.8, 4) is 11.4 Å². The molecular formula is C13H16N4O3S. The van der Waals surface area contributed by atoms with Crippen LogP contribution in [0.25, 0.3) is 11.4 Å². The minimum atomic E-state index is -0.820. The molecule has 0 aliphatic rings. The summed E-state index contributed by atoms with van der Waals surface area (Å²) in [5, 5.41) is 17.7. The van der Waals surface area contributed by atoms with Crippen molar-refractivity contribution in [1.82, 2.24) is 19.7 Å². The van der Waals surface area contributed by atoms with Crippen LogP contribution in [0.4, 0.5) is 0 Å². The van der Waals surface area contributed by atoms with Gasteiger partial charge in [0.05, 0.1) is 19.6 Å². The zero-order valence-electron chi connectivity index (χ0n) is 11.6. The highest BCUT2D eigenvalue weighted by Crippen LogP contribution is 2.23. The molecule has 0 spiro atoms. The van der Waals surface area contributed by atoms with Crippen LogP contribution >= 0.6 is 11.8 Å². The number of pyridine rings is 1. The third-order valence-electron chi connectivity index (χ3n) is 2.72. The molecule has 0 amide bonds. The summed E-state index contributed by atoms with van der Waals surface area (Å²) in [4.78, 5) is 14.6. The lowest BCUT2D eigenvalue weighted by atomic mass is 10.2. The number of thioether (sulfide) groups is 1. The van der Waals surface area contributed by atoms with E-state index in [4.69, 9.17) is 9.84 Å². The quantitative estimate of drug-likeness (QED) is 0.740. The summed E-state index contributed by atoms with van der Waals surface area (Å²) in [5.41, 5.74) is 0.915. The number of hydrogen-bond donors (Lipinski definition) is 1. The van der Waals surface area contributed by atoms with Crippen molar-refractivity contribution < 1.29 is 14.6 Å². The normalized spacial score (nSPS) is 10.7. The van der Waals surface area contributed by atoms with Gasteiger partial charge in [0.1, 0.15) is 0 Å². The fraction of sp³-hybridized carbons (Fsp3) is 0.385. The molecule has 0 unspecified atom stereocenters. The largest absolute Gasteiger partial charge is 0.481 e. The molecular weight excluding hydrogens is 292 g/mol. The molecule has 2 aromatic rings. The number of ether oxygens (including phenoxy) is 1. The van der Waals surface area contributed by atoms with Crippen LogP contribution in [-0.2, 0) is 16.1 Å². The highest BCUT2D eigenvalue weighted by Gasteiger charge is 2.14. The number of rotatable bonds is 8. The first-order valence-corrected chi connectivity index (χ1v) is 7.38. The molecule has 0 bridgehead atoms. The Morgan fingerprint density at radius 2 is 2.14 bits per heavy atom. The lowest BCUT2D eigenvalue weighted by molar-refractivity contribution is -0.136. The summed E-state index contributed by atoms with van der Waals surface area (Å²) >= 11 is 1.38. The van der Waals surface area contributed by atoms with Crippen LogP contribution < -0.4 is 0 Å². The summed E-state index contributed by atoms with van der Waals surface area (Å²) in [7, 11) is 1.63. The number of aromatic nitrogens is 4. The fourth-order valence-electron chi connectivity index (χ4n) is 1.72. The van der Waals surface area contributed by atoms with Gasteiger partial charge in [0.2, 0.25) is 0 Å². The van der Waals surface area contributed by atoms with E-state index in [9.17, 15) is 4.79 Å². The Morgan fingerprint density at radius 3 is 2.81 bits per heavy atom. The fourth-order valence-corrected chi connectivity index (χ4v) is 2.62. The first-order valence-electron chi connectivity index (χ1n) is 6.39. The van der Waals surface area contributed by atoms with Crippen molar-refractivity contribution in [2.24, 2.45) is 0 Å². The van der Waals surface area contributed by atoms with Gasteiger partial charge in [-0.05, 0) is 12.1 Å². The van der Waals surface area contributed by atoms with Gasteiger partial charge in [-0.3, -0.25) is 14.3 Å². The third-order valence-corrected chi connectivity index (χ3v) is 3.69. The molecule has 0 radical (unpaired) electrons. The minimum Gasteiger partial charge on any atom is -0.481 e. The average molecular weight is 308 g/mol. The molecule has 0 aliphatic carbocycles. The van der Waals surface area contributed by atoms with Crippen molar-refractivity contribution in [2.45, 2.75) is 18.1 Å². The van der Waals surface area contributed by atoms with Crippen molar-refractivity contribution >= 4 is 17.7 Å². The second-order valence-corrected chi connectivity index (χ2v) is 5.24. The van der Waals surface area contributed by atoms with Gasteiger partial charge < -0.3 is 9.84 Å². The first kappa shape index (κ1) is 15.5. The number of aliphatic carboxylic acids is 1. The van der Waals surface area contributed by atoms with Gasteiger partial charge in [0.25, 0.3) is 0 Å². The Hall–Kier alpha value is -1.93. The van der Waals surface area contributed by atoms with Gasteiger partial charge in [0.15, 0.2) is 11.0 Å². The van der Waals surface area contributed by atoms with Gasteiger partial charge in [-0.15, -0.1) is 10.2 Å². The van der Waals surface area contributed by atoms with E-state index in [2.05, 4.69) is 15.2 Å². The van der Waals surface area contributed by atoms with Crippen LogP contribution in [0.2, 0.25) is 0 Å². The van der Waals surface area contributed by atoms with Crippen LogP contribution in [0.1, 0.15) is 6.42 Å². The van der Waals surface area contributed by atoms with E-state index in [1.807, 2.05) is 16.7 Å². The lowest BCUT2D eigenvalue weighted by Crippen LogP contribution is -2.08. The standard InChI is InChI=1S/C13H16N4O3S/c1-20-8-7-17-12(10-2-5-14-6-3-10)15-16-13(17)21-9-4-11(18)19/h2-3,5-6H,4,7-9H2,1H3,(H,18,19). The predicted octanol–water partition coefficient (Wildman–Crippen LogP) is 1.55. The Kier molecular flexibility index (Phi) is 5.70. The van der Waals surface area contributed by atoms with Gasteiger partial charge in [-0.2, -0.15) is 0 Å². The molecule has 0 aromatic carbocycles.